The van der Waals surface area contributed by atoms with Crippen LogP contribution in [0.25, 0.3) is 0 Å². The Morgan fingerprint density at radius 3 is 2.26 bits per heavy atom. The minimum atomic E-state index is -1.75. The van der Waals surface area contributed by atoms with Gasteiger partial charge in [-0.15, -0.1) is 0 Å². The van der Waals surface area contributed by atoms with Crippen LogP contribution in [0.4, 0.5) is 4.79 Å². The van der Waals surface area contributed by atoms with Gasteiger partial charge in [0.2, 0.25) is 0 Å². The van der Waals surface area contributed by atoms with Crippen molar-refractivity contribution in [2.45, 2.75) is 71.7 Å². The number of rotatable bonds is 8. The van der Waals surface area contributed by atoms with Gasteiger partial charge < -0.3 is 19.2 Å². The summed E-state index contributed by atoms with van der Waals surface area (Å²) in [6.07, 6.45) is 0.280. The van der Waals surface area contributed by atoms with Crippen LogP contribution in [-0.4, -0.2) is 39.8 Å². The van der Waals surface area contributed by atoms with Gasteiger partial charge in [0.05, 0.1) is 6.61 Å². The van der Waals surface area contributed by atoms with Crippen molar-refractivity contribution in [2.24, 2.45) is 0 Å². The number of carbonyl (C=O) groups excluding carboxylic acids is 1. The van der Waals surface area contributed by atoms with Crippen molar-refractivity contribution in [3.8, 4) is 5.75 Å². The number of hydrogen-bond acceptors (Lipinski definition) is 4. The van der Waals surface area contributed by atoms with Gasteiger partial charge >= 0.3 is 6.09 Å². The summed E-state index contributed by atoms with van der Waals surface area (Å²) >= 11 is 0. The minimum Gasteiger partial charge on any atom is -0.491 e. The third-order valence-corrected chi connectivity index (χ3v) is 9.18. The molecule has 5 nitrogen and oxygen atoms in total. The molecule has 0 saturated carbocycles. The van der Waals surface area contributed by atoms with Crippen LogP contribution >= 0.6 is 0 Å². The highest BCUT2D eigenvalue weighted by Crippen LogP contribution is 2.36. The Bertz CT molecular complexity index is 603. The lowest BCUT2D eigenvalue weighted by Crippen LogP contribution is -2.41. The number of benzene rings is 1. The summed E-state index contributed by atoms with van der Waals surface area (Å²) in [7, 11) is -1.75. The number of alkyl carbamates (subject to hydrolysis) is 1. The highest BCUT2D eigenvalue weighted by atomic mass is 28.4. The average Bonchev–Trinajstić information content (AvgIpc) is 2.50. The fraction of sp³-hybridized carbons (Fsp3) is 0.667. The molecule has 0 saturated heterocycles. The summed E-state index contributed by atoms with van der Waals surface area (Å²) in [6.45, 7) is 18.3. The van der Waals surface area contributed by atoms with Crippen LogP contribution in [0.2, 0.25) is 18.1 Å². The second-order valence-corrected chi connectivity index (χ2v) is 14.1. The zero-order valence-corrected chi connectivity index (χ0v) is 19.3. The Balaban J connectivity index is 2.47. The first-order chi connectivity index (χ1) is 12.3. The van der Waals surface area contributed by atoms with E-state index < -0.39 is 20.0 Å². The molecule has 0 unspecified atom stereocenters. The monoisotopic (exact) mass is 395 g/mol. The van der Waals surface area contributed by atoms with E-state index in [0.29, 0.717) is 26.2 Å². The van der Waals surface area contributed by atoms with E-state index in [4.69, 9.17) is 13.9 Å². The fourth-order valence-electron chi connectivity index (χ4n) is 2.13. The van der Waals surface area contributed by atoms with E-state index in [0.717, 1.165) is 11.3 Å². The van der Waals surface area contributed by atoms with Gasteiger partial charge in [-0.1, -0.05) is 39.0 Å². The molecule has 0 aliphatic rings. The zero-order chi connectivity index (χ0) is 20.7. The Kier molecular flexibility index (Phi) is 8.36. The Hall–Kier alpha value is -1.53. The van der Waals surface area contributed by atoms with Crippen molar-refractivity contribution in [1.82, 2.24) is 5.32 Å². The molecule has 27 heavy (non-hydrogen) atoms. The molecule has 0 aliphatic carbocycles. The third-order valence-electron chi connectivity index (χ3n) is 4.65. The van der Waals surface area contributed by atoms with Gasteiger partial charge in [-0.2, -0.15) is 0 Å². The van der Waals surface area contributed by atoms with Crippen molar-refractivity contribution in [2.75, 3.05) is 19.8 Å². The van der Waals surface area contributed by atoms with Crippen molar-refractivity contribution in [1.29, 1.82) is 0 Å². The fourth-order valence-corrected chi connectivity index (χ4v) is 3.16. The van der Waals surface area contributed by atoms with Gasteiger partial charge in [0.25, 0.3) is 0 Å². The smallest absolute Gasteiger partial charge is 0.407 e. The molecular weight excluding hydrogens is 358 g/mol. The Morgan fingerprint density at radius 1 is 1.04 bits per heavy atom. The summed E-state index contributed by atoms with van der Waals surface area (Å²) in [5.41, 5.74) is 0.566. The Morgan fingerprint density at radius 2 is 1.67 bits per heavy atom. The lowest BCUT2D eigenvalue weighted by molar-refractivity contribution is 0.0528. The maximum Gasteiger partial charge on any atom is 0.407 e. The zero-order valence-electron chi connectivity index (χ0n) is 18.3. The first-order valence-corrected chi connectivity index (χ1v) is 12.5. The molecule has 1 amide bonds. The summed E-state index contributed by atoms with van der Waals surface area (Å²) in [4.78, 5) is 11.7. The maximum absolute atomic E-state index is 11.7. The molecule has 1 N–H and O–H groups in total. The normalized spacial score (nSPS) is 12.6. The maximum atomic E-state index is 11.7. The van der Waals surface area contributed by atoms with Crippen LogP contribution in [0.5, 0.6) is 5.75 Å². The van der Waals surface area contributed by atoms with E-state index in [2.05, 4.69) is 39.2 Å². The number of para-hydroxylation sites is 1. The lowest BCUT2D eigenvalue weighted by Gasteiger charge is -2.36. The van der Waals surface area contributed by atoms with E-state index in [1.165, 1.54) is 0 Å². The molecule has 0 atom stereocenters. The van der Waals surface area contributed by atoms with Gasteiger partial charge in [0, 0.05) is 6.54 Å². The molecule has 0 spiro atoms. The van der Waals surface area contributed by atoms with E-state index in [-0.39, 0.29) is 5.04 Å². The van der Waals surface area contributed by atoms with Gasteiger partial charge in [-0.05, 0) is 57.0 Å². The van der Waals surface area contributed by atoms with Crippen molar-refractivity contribution < 1.29 is 18.7 Å². The first kappa shape index (κ1) is 23.5. The SMILES string of the molecule is CC(C)(C)OC(=O)NCCc1ccccc1OCCO[Si](C)(C)C(C)(C)C. The van der Waals surface area contributed by atoms with Gasteiger partial charge in [-0.3, -0.25) is 0 Å². The highest BCUT2D eigenvalue weighted by molar-refractivity contribution is 6.74. The van der Waals surface area contributed by atoms with Crippen molar-refractivity contribution in [3.05, 3.63) is 29.8 Å². The average molecular weight is 396 g/mol. The molecule has 0 radical (unpaired) electrons. The van der Waals surface area contributed by atoms with E-state index in [1.807, 2.05) is 45.0 Å². The van der Waals surface area contributed by atoms with Gasteiger partial charge in [-0.25, -0.2) is 4.79 Å². The van der Waals surface area contributed by atoms with Crippen LogP contribution in [0.3, 0.4) is 0 Å². The predicted molar refractivity (Wildman–Crippen MR) is 113 cm³/mol. The number of ether oxygens (including phenoxy) is 2. The summed E-state index contributed by atoms with van der Waals surface area (Å²) < 4.78 is 17.3. The second kappa shape index (κ2) is 9.60. The second-order valence-electron chi connectivity index (χ2n) is 9.24. The van der Waals surface area contributed by atoms with E-state index in [1.54, 1.807) is 0 Å². The molecule has 0 heterocycles. The van der Waals surface area contributed by atoms with Crippen LogP contribution < -0.4 is 10.1 Å². The molecule has 0 aliphatic heterocycles. The van der Waals surface area contributed by atoms with Crippen LogP contribution in [0, 0.1) is 0 Å². The summed E-state index contributed by atoms with van der Waals surface area (Å²) in [6, 6.07) is 7.90. The topological polar surface area (TPSA) is 56.8 Å². The van der Waals surface area contributed by atoms with Crippen LogP contribution in [-0.2, 0) is 15.6 Å². The predicted octanol–water partition coefficient (Wildman–Crippen LogP) is 5.15. The number of nitrogens with one attached hydrogen (secondary N) is 1. The van der Waals surface area contributed by atoms with E-state index in [9.17, 15) is 4.79 Å². The van der Waals surface area contributed by atoms with E-state index >= 15 is 0 Å². The minimum absolute atomic E-state index is 0.193. The van der Waals surface area contributed by atoms with Crippen LogP contribution in [0.15, 0.2) is 24.3 Å². The number of hydrogen-bond donors (Lipinski definition) is 1. The van der Waals surface area contributed by atoms with Crippen molar-refractivity contribution >= 4 is 14.4 Å². The Labute approximate surface area is 165 Å². The molecule has 1 aromatic rings. The summed E-state index contributed by atoms with van der Waals surface area (Å²) in [5.74, 6) is 0.835. The molecule has 0 aromatic heterocycles. The van der Waals surface area contributed by atoms with Crippen LogP contribution in [0.1, 0.15) is 47.1 Å². The lowest BCUT2D eigenvalue weighted by atomic mass is 10.1. The summed E-state index contributed by atoms with van der Waals surface area (Å²) in [5, 5.41) is 2.98. The molecule has 1 rings (SSSR count). The first-order valence-electron chi connectivity index (χ1n) is 9.63. The molecule has 154 valence electrons. The molecule has 1 aromatic carbocycles. The molecule has 0 fully saturated rings. The van der Waals surface area contributed by atoms with Crippen molar-refractivity contribution in [3.63, 3.8) is 0 Å². The number of amides is 1. The van der Waals surface area contributed by atoms with Gasteiger partial charge in [0.15, 0.2) is 8.32 Å². The largest absolute Gasteiger partial charge is 0.491 e. The third kappa shape index (κ3) is 8.80. The molecule has 6 heteroatoms. The number of carbonyl (C=O) groups is 1. The molecule has 0 bridgehead atoms. The standard InChI is InChI=1S/C21H37NO4Si/c1-20(2,3)26-19(23)22-14-13-17-11-9-10-12-18(17)24-15-16-25-27(7,8)21(4,5)6/h9-12H,13-16H2,1-8H3,(H,22,23). The highest BCUT2D eigenvalue weighted by Gasteiger charge is 2.36. The molecular formula is C21H37NO4Si. The van der Waals surface area contributed by atoms with Gasteiger partial charge in [0.1, 0.15) is 18.0 Å². The quantitative estimate of drug-likeness (QED) is 0.488.